The highest BCUT2D eigenvalue weighted by atomic mass is 16.1. The number of aryl methyl sites for hydroxylation is 4. The van der Waals surface area contributed by atoms with Gasteiger partial charge in [-0.3, -0.25) is 4.79 Å². The normalized spacial score (nSPS) is 10.4. The van der Waals surface area contributed by atoms with E-state index in [0.29, 0.717) is 13.0 Å². The molecule has 0 unspecified atom stereocenters. The number of nitrogens with one attached hydrogen (secondary N) is 2. The molecule has 0 saturated carbocycles. The van der Waals surface area contributed by atoms with Crippen LogP contribution in [0.5, 0.6) is 0 Å². The van der Waals surface area contributed by atoms with Gasteiger partial charge in [-0.1, -0.05) is 18.2 Å². The van der Waals surface area contributed by atoms with E-state index in [0.717, 1.165) is 22.5 Å². The van der Waals surface area contributed by atoms with E-state index in [4.69, 9.17) is 0 Å². The molecule has 2 aromatic carbocycles. The van der Waals surface area contributed by atoms with Gasteiger partial charge >= 0.3 is 0 Å². The number of amides is 1. The average molecular weight is 296 g/mol. The van der Waals surface area contributed by atoms with Gasteiger partial charge in [-0.05, 0) is 68.1 Å². The van der Waals surface area contributed by atoms with Crippen molar-refractivity contribution in [2.45, 2.75) is 34.1 Å². The zero-order valence-corrected chi connectivity index (χ0v) is 13.8. The molecular weight excluding hydrogens is 272 g/mol. The van der Waals surface area contributed by atoms with Gasteiger partial charge < -0.3 is 10.6 Å². The van der Waals surface area contributed by atoms with Gasteiger partial charge in [0.25, 0.3) is 0 Å². The number of carbonyl (C=O) groups excluding carboxylic acids is 1. The van der Waals surface area contributed by atoms with Crippen LogP contribution in [0.1, 0.15) is 28.7 Å². The maximum absolute atomic E-state index is 12.0. The summed E-state index contributed by atoms with van der Waals surface area (Å²) in [6.45, 7) is 8.84. The maximum Gasteiger partial charge on any atom is 0.226 e. The summed E-state index contributed by atoms with van der Waals surface area (Å²) in [5.74, 6) is 0.0324. The van der Waals surface area contributed by atoms with Crippen molar-refractivity contribution in [3.05, 3.63) is 58.7 Å². The lowest BCUT2D eigenvalue weighted by molar-refractivity contribution is -0.115. The Balaban J connectivity index is 1.85. The van der Waals surface area contributed by atoms with Crippen LogP contribution in [-0.4, -0.2) is 12.5 Å². The maximum atomic E-state index is 12.0. The van der Waals surface area contributed by atoms with Crippen LogP contribution in [-0.2, 0) is 4.79 Å². The van der Waals surface area contributed by atoms with Crippen LogP contribution in [0.3, 0.4) is 0 Å². The molecule has 116 valence electrons. The molecule has 0 aliphatic carbocycles. The van der Waals surface area contributed by atoms with E-state index in [-0.39, 0.29) is 5.91 Å². The minimum absolute atomic E-state index is 0.0324. The Bertz CT molecular complexity index is 677. The minimum Gasteiger partial charge on any atom is -0.385 e. The van der Waals surface area contributed by atoms with Crippen molar-refractivity contribution >= 4 is 17.3 Å². The van der Waals surface area contributed by atoms with Crippen molar-refractivity contribution in [3.63, 3.8) is 0 Å². The molecule has 0 spiro atoms. The number of hydrogen-bond donors (Lipinski definition) is 2. The van der Waals surface area contributed by atoms with Gasteiger partial charge in [0.15, 0.2) is 0 Å². The van der Waals surface area contributed by atoms with Crippen LogP contribution in [0.25, 0.3) is 0 Å². The number of benzene rings is 2. The van der Waals surface area contributed by atoms with Gasteiger partial charge in [0.1, 0.15) is 0 Å². The zero-order valence-electron chi connectivity index (χ0n) is 13.8. The monoisotopic (exact) mass is 296 g/mol. The molecule has 0 atom stereocenters. The van der Waals surface area contributed by atoms with Crippen LogP contribution < -0.4 is 10.6 Å². The van der Waals surface area contributed by atoms with Crippen LogP contribution in [0.15, 0.2) is 36.4 Å². The predicted molar refractivity (Wildman–Crippen MR) is 93.6 cm³/mol. The molecule has 0 radical (unpaired) electrons. The Labute approximate surface area is 132 Å². The third-order valence-corrected chi connectivity index (χ3v) is 3.86. The second kappa shape index (κ2) is 7.12. The number of hydrogen-bond acceptors (Lipinski definition) is 2. The first-order valence-corrected chi connectivity index (χ1v) is 7.64. The summed E-state index contributed by atoms with van der Waals surface area (Å²) in [6, 6.07) is 12.3. The van der Waals surface area contributed by atoms with Crippen molar-refractivity contribution in [3.8, 4) is 0 Å². The molecule has 0 aromatic heterocycles. The third-order valence-electron chi connectivity index (χ3n) is 3.86. The van der Waals surface area contributed by atoms with Crippen LogP contribution in [0, 0.1) is 27.7 Å². The fourth-order valence-electron chi connectivity index (χ4n) is 2.25. The molecule has 0 aliphatic heterocycles. The minimum atomic E-state index is 0.0324. The van der Waals surface area contributed by atoms with Gasteiger partial charge in [0.05, 0.1) is 0 Å². The van der Waals surface area contributed by atoms with E-state index in [1.54, 1.807) is 0 Å². The Morgan fingerprint density at radius 3 is 2.36 bits per heavy atom. The molecule has 0 heterocycles. The summed E-state index contributed by atoms with van der Waals surface area (Å²) >= 11 is 0. The van der Waals surface area contributed by atoms with E-state index in [2.05, 4.69) is 36.6 Å². The van der Waals surface area contributed by atoms with Crippen molar-refractivity contribution in [2.75, 3.05) is 17.2 Å². The van der Waals surface area contributed by atoms with E-state index in [9.17, 15) is 4.79 Å². The summed E-state index contributed by atoms with van der Waals surface area (Å²) in [6.07, 6.45) is 0.445. The van der Waals surface area contributed by atoms with Gasteiger partial charge in [0.2, 0.25) is 5.91 Å². The number of anilines is 2. The molecule has 2 aromatic rings. The van der Waals surface area contributed by atoms with Gasteiger partial charge in [-0.25, -0.2) is 0 Å². The first kappa shape index (κ1) is 16.1. The van der Waals surface area contributed by atoms with Crippen LogP contribution in [0.4, 0.5) is 11.4 Å². The molecule has 0 aliphatic rings. The lowest BCUT2D eigenvalue weighted by Gasteiger charge is -2.11. The topological polar surface area (TPSA) is 41.1 Å². The van der Waals surface area contributed by atoms with E-state index >= 15 is 0 Å². The Morgan fingerprint density at radius 2 is 1.64 bits per heavy atom. The van der Waals surface area contributed by atoms with E-state index < -0.39 is 0 Å². The zero-order chi connectivity index (χ0) is 16.1. The molecule has 2 rings (SSSR count). The molecule has 0 saturated heterocycles. The second-order valence-corrected chi connectivity index (χ2v) is 5.84. The van der Waals surface area contributed by atoms with Crippen molar-refractivity contribution < 1.29 is 4.79 Å². The highest BCUT2D eigenvalue weighted by Crippen LogP contribution is 2.17. The standard InChI is InChI=1S/C19H24N2O/c1-13-5-6-15(3)18(11-13)21-19(22)9-10-20-17-8-7-14(2)16(4)12-17/h5-8,11-12,20H,9-10H2,1-4H3,(H,21,22). The quantitative estimate of drug-likeness (QED) is 0.860. The smallest absolute Gasteiger partial charge is 0.226 e. The summed E-state index contributed by atoms with van der Waals surface area (Å²) < 4.78 is 0. The first-order valence-electron chi connectivity index (χ1n) is 7.64. The number of rotatable bonds is 5. The summed E-state index contributed by atoms with van der Waals surface area (Å²) in [5.41, 5.74) is 6.72. The molecule has 22 heavy (non-hydrogen) atoms. The lowest BCUT2D eigenvalue weighted by Crippen LogP contribution is -2.17. The molecule has 3 heteroatoms. The SMILES string of the molecule is Cc1ccc(C)c(NC(=O)CCNc2ccc(C)c(C)c2)c1. The fraction of sp³-hybridized carbons (Fsp3) is 0.316. The molecular formula is C19H24N2O. The van der Waals surface area contributed by atoms with Crippen molar-refractivity contribution in [1.29, 1.82) is 0 Å². The predicted octanol–water partition coefficient (Wildman–Crippen LogP) is 4.36. The Morgan fingerprint density at radius 1 is 0.909 bits per heavy atom. The fourth-order valence-corrected chi connectivity index (χ4v) is 2.25. The average Bonchev–Trinajstić information content (AvgIpc) is 2.47. The molecule has 1 amide bonds. The second-order valence-electron chi connectivity index (χ2n) is 5.84. The van der Waals surface area contributed by atoms with Crippen molar-refractivity contribution in [2.24, 2.45) is 0 Å². The highest BCUT2D eigenvalue weighted by Gasteiger charge is 2.05. The van der Waals surface area contributed by atoms with Gasteiger partial charge in [-0.15, -0.1) is 0 Å². The lowest BCUT2D eigenvalue weighted by atomic mass is 10.1. The highest BCUT2D eigenvalue weighted by molar-refractivity contribution is 5.91. The summed E-state index contributed by atoms with van der Waals surface area (Å²) in [4.78, 5) is 12.0. The summed E-state index contributed by atoms with van der Waals surface area (Å²) in [5, 5.41) is 6.27. The molecule has 3 nitrogen and oxygen atoms in total. The molecule has 0 fully saturated rings. The Hall–Kier alpha value is -2.29. The first-order chi connectivity index (χ1) is 10.5. The molecule has 0 bridgehead atoms. The van der Waals surface area contributed by atoms with Crippen LogP contribution >= 0.6 is 0 Å². The van der Waals surface area contributed by atoms with Gasteiger partial charge in [-0.2, -0.15) is 0 Å². The van der Waals surface area contributed by atoms with Crippen LogP contribution in [0.2, 0.25) is 0 Å². The summed E-state index contributed by atoms with van der Waals surface area (Å²) in [7, 11) is 0. The van der Waals surface area contributed by atoms with Gasteiger partial charge in [0, 0.05) is 24.3 Å². The third kappa shape index (κ3) is 4.35. The van der Waals surface area contributed by atoms with Crippen molar-refractivity contribution in [1.82, 2.24) is 0 Å². The van der Waals surface area contributed by atoms with E-state index in [1.807, 2.05) is 38.1 Å². The van der Waals surface area contributed by atoms with E-state index in [1.165, 1.54) is 11.1 Å². The largest absolute Gasteiger partial charge is 0.385 e. The number of carbonyl (C=O) groups is 1. The molecule has 2 N–H and O–H groups in total. The Kier molecular flexibility index (Phi) is 5.21.